The first-order chi connectivity index (χ1) is 9.97. The highest BCUT2D eigenvalue weighted by molar-refractivity contribution is 8.18. The van der Waals surface area contributed by atoms with Crippen LogP contribution >= 0.6 is 23.4 Å². The summed E-state index contributed by atoms with van der Waals surface area (Å²) in [5, 5.41) is 8.33. The Kier molecular flexibility index (Phi) is 4.82. The minimum atomic E-state index is -1.25. The van der Waals surface area contributed by atoms with E-state index in [9.17, 15) is 14.4 Å². The van der Waals surface area contributed by atoms with Gasteiger partial charge in [0, 0.05) is 5.03 Å². The molecule has 1 aromatic carbocycles. The minimum Gasteiger partial charge on any atom is -0.480 e. The molecule has 0 unspecified atom stereocenters. The van der Waals surface area contributed by atoms with Crippen molar-refractivity contribution in [2.45, 2.75) is 0 Å². The van der Waals surface area contributed by atoms with E-state index in [-0.39, 0.29) is 9.94 Å². The van der Waals surface area contributed by atoms with Crippen LogP contribution in [0.25, 0.3) is 6.08 Å². The standard InChI is InChI=1S/C14H10ClNO4S/c15-10(6-9-4-2-1-3-5-9)7-11-13(19)16(8-12(17)18)14(20)21-11/h1-7H,8H2,(H,17,18)/b10-6-,11-7-. The second-order valence-corrected chi connectivity index (χ2v) is 5.53. The van der Waals surface area contributed by atoms with Crippen molar-refractivity contribution >= 4 is 46.6 Å². The van der Waals surface area contributed by atoms with Gasteiger partial charge < -0.3 is 5.11 Å². The Labute approximate surface area is 129 Å². The Balaban J connectivity index is 2.18. The second kappa shape index (κ2) is 6.60. The molecule has 0 spiro atoms. The molecule has 0 bridgehead atoms. The van der Waals surface area contributed by atoms with Gasteiger partial charge in [-0.25, -0.2) is 0 Å². The molecule has 0 atom stereocenters. The molecule has 21 heavy (non-hydrogen) atoms. The zero-order chi connectivity index (χ0) is 15.4. The van der Waals surface area contributed by atoms with E-state index in [0.717, 1.165) is 5.56 Å². The third-order valence-electron chi connectivity index (χ3n) is 2.54. The molecule has 108 valence electrons. The van der Waals surface area contributed by atoms with Gasteiger partial charge >= 0.3 is 5.97 Å². The Morgan fingerprint density at radius 1 is 1.29 bits per heavy atom. The lowest BCUT2D eigenvalue weighted by molar-refractivity contribution is -0.140. The lowest BCUT2D eigenvalue weighted by atomic mass is 10.2. The molecule has 2 rings (SSSR count). The van der Waals surface area contributed by atoms with Crippen LogP contribution in [-0.4, -0.2) is 33.7 Å². The van der Waals surface area contributed by atoms with E-state index >= 15 is 0 Å². The predicted octanol–water partition coefficient (Wildman–Crippen LogP) is 2.93. The summed E-state index contributed by atoms with van der Waals surface area (Å²) in [4.78, 5) is 34.9. The normalized spacial score (nSPS) is 17.7. The molecule has 1 saturated heterocycles. The maximum Gasteiger partial charge on any atom is 0.323 e. The molecule has 0 aromatic heterocycles. The minimum absolute atomic E-state index is 0.110. The molecule has 0 saturated carbocycles. The topological polar surface area (TPSA) is 74.7 Å². The first kappa shape index (κ1) is 15.3. The number of aliphatic carboxylic acids is 1. The van der Waals surface area contributed by atoms with Crippen molar-refractivity contribution in [3.05, 3.63) is 51.9 Å². The Hall–Kier alpha value is -2.05. The quantitative estimate of drug-likeness (QED) is 0.862. The summed E-state index contributed by atoms with van der Waals surface area (Å²) in [6.45, 7) is -0.651. The molecule has 2 amide bonds. The number of hydrogen-bond acceptors (Lipinski definition) is 4. The summed E-state index contributed by atoms with van der Waals surface area (Å²) in [6.07, 6.45) is 3.01. The van der Waals surface area contributed by atoms with Gasteiger partial charge in [0.05, 0.1) is 4.91 Å². The number of carboxylic acids is 1. The lowest BCUT2D eigenvalue weighted by Gasteiger charge is -2.07. The van der Waals surface area contributed by atoms with E-state index < -0.39 is 23.7 Å². The van der Waals surface area contributed by atoms with Crippen LogP contribution in [0.15, 0.2) is 46.3 Å². The zero-order valence-electron chi connectivity index (χ0n) is 10.7. The van der Waals surface area contributed by atoms with Gasteiger partial charge in [-0.15, -0.1) is 0 Å². The number of imide groups is 1. The number of amides is 2. The van der Waals surface area contributed by atoms with Gasteiger partial charge in [0.15, 0.2) is 0 Å². The van der Waals surface area contributed by atoms with Crippen LogP contribution in [0.1, 0.15) is 5.56 Å². The zero-order valence-corrected chi connectivity index (χ0v) is 12.2. The Morgan fingerprint density at radius 2 is 1.95 bits per heavy atom. The highest BCUT2D eigenvalue weighted by Gasteiger charge is 2.36. The van der Waals surface area contributed by atoms with Crippen molar-refractivity contribution in [2.75, 3.05) is 6.54 Å². The molecule has 1 heterocycles. The van der Waals surface area contributed by atoms with Gasteiger partial charge in [-0.3, -0.25) is 19.3 Å². The molecule has 1 aliphatic heterocycles. The van der Waals surface area contributed by atoms with Crippen molar-refractivity contribution in [1.29, 1.82) is 0 Å². The van der Waals surface area contributed by atoms with Crippen molar-refractivity contribution in [2.24, 2.45) is 0 Å². The molecular formula is C14H10ClNO4S. The van der Waals surface area contributed by atoms with E-state index in [2.05, 4.69) is 0 Å². The third kappa shape index (κ3) is 3.96. The SMILES string of the molecule is O=C(O)CN1C(=O)S/C(=C\C(Cl)=C\c2ccccc2)C1=O. The van der Waals surface area contributed by atoms with Crippen molar-refractivity contribution in [3.8, 4) is 0 Å². The summed E-state index contributed by atoms with van der Waals surface area (Å²) in [5.41, 5.74) is 0.850. The maximum atomic E-state index is 11.9. The monoisotopic (exact) mass is 323 g/mol. The molecular weight excluding hydrogens is 314 g/mol. The third-order valence-corrected chi connectivity index (χ3v) is 3.67. The van der Waals surface area contributed by atoms with Gasteiger partial charge in [-0.2, -0.15) is 0 Å². The number of halogens is 1. The Morgan fingerprint density at radius 3 is 2.57 bits per heavy atom. The number of carbonyl (C=O) groups excluding carboxylic acids is 2. The average Bonchev–Trinajstić information content (AvgIpc) is 2.67. The number of allylic oxidation sites excluding steroid dienone is 2. The maximum absolute atomic E-state index is 11.9. The van der Waals surface area contributed by atoms with E-state index in [1.54, 1.807) is 6.08 Å². The molecule has 1 N–H and O–H groups in total. The van der Waals surface area contributed by atoms with Gasteiger partial charge in [0.2, 0.25) is 0 Å². The highest BCUT2D eigenvalue weighted by Crippen LogP contribution is 2.32. The van der Waals surface area contributed by atoms with Crippen molar-refractivity contribution in [1.82, 2.24) is 4.90 Å². The Bertz CT molecular complexity index is 654. The lowest BCUT2D eigenvalue weighted by Crippen LogP contribution is -2.33. The van der Waals surface area contributed by atoms with Crippen molar-refractivity contribution < 1.29 is 19.5 Å². The molecule has 7 heteroatoms. The van der Waals surface area contributed by atoms with Crippen LogP contribution in [0, 0.1) is 0 Å². The number of carboxylic acid groups (broad SMARTS) is 1. The summed E-state index contributed by atoms with van der Waals surface area (Å²) >= 11 is 6.71. The van der Waals surface area contributed by atoms with E-state index in [1.807, 2.05) is 30.3 Å². The highest BCUT2D eigenvalue weighted by atomic mass is 35.5. The molecule has 1 aromatic rings. The van der Waals surface area contributed by atoms with Gasteiger partial charge in [-0.1, -0.05) is 41.9 Å². The summed E-state index contributed by atoms with van der Waals surface area (Å²) < 4.78 is 0. The fourth-order valence-corrected chi connectivity index (χ4v) is 2.78. The smallest absolute Gasteiger partial charge is 0.323 e. The number of rotatable bonds is 4. The summed E-state index contributed by atoms with van der Waals surface area (Å²) in [6, 6.07) is 9.23. The van der Waals surface area contributed by atoms with Crippen LogP contribution in [0.4, 0.5) is 4.79 Å². The second-order valence-electron chi connectivity index (χ2n) is 4.10. The summed E-state index contributed by atoms with van der Waals surface area (Å²) in [5.74, 6) is -1.89. The van der Waals surface area contributed by atoms with E-state index in [1.165, 1.54) is 6.08 Å². The van der Waals surface area contributed by atoms with Crippen LogP contribution in [0.5, 0.6) is 0 Å². The number of thioether (sulfide) groups is 1. The van der Waals surface area contributed by atoms with Crippen LogP contribution in [0.3, 0.4) is 0 Å². The van der Waals surface area contributed by atoms with E-state index in [4.69, 9.17) is 16.7 Å². The van der Waals surface area contributed by atoms with Crippen LogP contribution in [0.2, 0.25) is 0 Å². The summed E-state index contributed by atoms with van der Waals surface area (Å²) in [7, 11) is 0. The fourth-order valence-electron chi connectivity index (χ4n) is 1.65. The molecule has 0 radical (unpaired) electrons. The molecule has 1 aliphatic rings. The number of nitrogens with zero attached hydrogens (tertiary/aromatic N) is 1. The average molecular weight is 324 g/mol. The number of benzene rings is 1. The van der Waals surface area contributed by atoms with Gasteiger partial charge in [-0.05, 0) is 29.5 Å². The number of hydrogen-bond donors (Lipinski definition) is 1. The van der Waals surface area contributed by atoms with Gasteiger partial charge in [0.25, 0.3) is 11.1 Å². The molecule has 1 fully saturated rings. The van der Waals surface area contributed by atoms with Gasteiger partial charge in [0.1, 0.15) is 6.54 Å². The number of carbonyl (C=O) groups is 3. The van der Waals surface area contributed by atoms with E-state index in [0.29, 0.717) is 16.7 Å². The largest absolute Gasteiger partial charge is 0.480 e. The molecule has 5 nitrogen and oxygen atoms in total. The molecule has 0 aliphatic carbocycles. The van der Waals surface area contributed by atoms with Crippen LogP contribution in [-0.2, 0) is 9.59 Å². The van der Waals surface area contributed by atoms with Crippen LogP contribution < -0.4 is 0 Å². The van der Waals surface area contributed by atoms with Crippen molar-refractivity contribution in [3.63, 3.8) is 0 Å². The fraction of sp³-hybridized carbons (Fsp3) is 0.0714. The first-order valence-corrected chi connectivity index (χ1v) is 7.06. The predicted molar refractivity (Wildman–Crippen MR) is 80.7 cm³/mol. The first-order valence-electron chi connectivity index (χ1n) is 5.87.